The maximum Gasteiger partial charge on any atom is 0.335 e. The van der Waals surface area contributed by atoms with Crippen molar-refractivity contribution in [3.05, 3.63) is 34.4 Å². The minimum atomic E-state index is -0.848. The van der Waals surface area contributed by atoms with Crippen LogP contribution in [0.5, 0.6) is 0 Å². The Morgan fingerprint density at radius 1 is 1.14 bits per heavy atom. The lowest BCUT2D eigenvalue weighted by Crippen LogP contribution is -2.01. The van der Waals surface area contributed by atoms with Crippen molar-refractivity contribution in [3.63, 3.8) is 0 Å². The molecule has 2 nitrogen and oxygen atoms in total. The van der Waals surface area contributed by atoms with Crippen molar-refractivity contribution >= 4 is 5.97 Å². The van der Waals surface area contributed by atoms with Crippen molar-refractivity contribution in [3.8, 4) is 0 Å². The molecule has 0 amide bonds. The summed E-state index contributed by atoms with van der Waals surface area (Å²) in [5.74, 6) is -0.848. The molecule has 0 atom stereocenters. The summed E-state index contributed by atoms with van der Waals surface area (Å²) in [4.78, 5) is 10.7. The molecule has 0 radical (unpaired) electrons. The monoisotopic (exact) mass is 194 g/mol. The van der Waals surface area contributed by atoms with Crippen molar-refractivity contribution in [1.82, 2.24) is 0 Å². The van der Waals surface area contributed by atoms with E-state index in [0.717, 1.165) is 16.7 Å². The molecule has 1 rings (SSSR count). The summed E-state index contributed by atoms with van der Waals surface area (Å²) in [6.45, 7) is 9.66. The van der Waals surface area contributed by atoms with Crippen LogP contribution in [0.15, 0.2) is 12.1 Å². The summed E-state index contributed by atoms with van der Waals surface area (Å²) in [7, 11) is 0. The quantitative estimate of drug-likeness (QED) is 0.744. The molecule has 0 aliphatic carbocycles. The van der Waals surface area contributed by atoms with E-state index in [4.69, 9.17) is 5.11 Å². The normalized spacial score (nSPS) is 8.93. The molecule has 0 aliphatic heterocycles. The van der Waals surface area contributed by atoms with Gasteiger partial charge in [-0.15, -0.1) is 0 Å². The summed E-state index contributed by atoms with van der Waals surface area (Å²) in [5, 5.41) is 8.81. The Morgan fingerprint density at radius 3 is 2.07 bits per heavy atom. The molecular weight excluding hydrogens is 176 g/mol. The Labute approximate surface area is 85.6 Å². The predicted molar refractivity (Wildman–Crippen MR) is 59.0 cm³/mol. The van der Waals surface area contributed by atoms with Crippen molar-refractivity contribution in [1.29, 1.82) is 0 Å². The van der Waals surface area contributed by atoms with Crippen LogP contribution in [0, 0.1) is 20.8 Å². The van der Waals surface area contributed by atoms with Crippen LogP contribution < -0.4 is 0 Å². The summed E-state index contributed by atoms with van der Waals surface area (Å²) >= 11 is 0. The van der Waals surface area contributed by atoms with E-state index in [1.807, 2.05) is 40.7 Å². The second-order valence-corrected chi connectivity index (χ2v) is 3.06. The number of carboxylic acid groups (broad SMARTS) is 1. The number of hydrogen-bond acceptors (Lipinski definition) is 1. The van der Waals surface area contributed by atoms with E-state index >= 15 is 0 Å². The fraction of sp³-hybridized carbons (Fsp3) is 0.417. The van der Waals surface area contributed by atoms with Gasteiger partial charge in [0.1, 0.15) is 0 Å². The van der Waals surface area contributed by atoms with E-state index in [0.29, 0.717) is 5.56 Å². The van der Waals surface area contributed by atoms with E-state index < -0.39 is 5.97 Å². The fourth-order valence-electron chi connectivity index (χ4n) is 1.26. The maximum atomic E-state index is 10.7. The van der Waals surface area contributed by atoms with Crippen LogP contribution in [-0.4, -0.2) is 11.1 Å². The second kappa shape index (κ2) is 5.43. The van der Waals surface area contributed by atoms with Crippen LogP contribution in [0.4, 0.5) is 0 Å². The molecule has 0 fully saturated rings. The smallest absolute Gasteiger partial charge is 0.335 e. The highest BCUT2D eigenvalue weighted by atomic mass is 16.4. The van der Waals surface area contributed by atoms with Crippen LogP contribution in [0.2, 0.25) is 0 Å². The van der Waals surface area contributed by atoms with Gasteiger partial charge in [-0.3, -0.25) is 0 Å². The predicted octanol–water partition coefficient (Wildman–Crippen LogP) is 3.34. The lowest BCUT2D eigenvalue weighted by atomic mass is 10.0. The first-order chi connectivity index (χ1) is 6.52. The molecule has 0 bridgehead atoms. The third-order valence-corrected chi connectivity index (χ3v) is 2.04. The molecule has 1 aromatic carbocycles. The zero-order valence-corrected chi connectivity index (χ0v) is 9.51. The van der Waals surface area contributed by atoms with Crippen molar-refractivity contribution < 1.29 is 9.90 Å². The van der Waals surface area contributed by atoms with Gasteiger partial charge in [0.05, 0.1) is 5.56 Å². The molecule has 0 unspecified atom stereocenters. The highest BCUT2D eigenvalue weighted by molar-refractivity contribution is 5.89. The van der Waals surface area contributed by atoms with Gasteiger partial charge in [0.15, 0.2) is 0 Å². The van der Waals surface area contributed by atoms with Gasteiger partial charge in [-0.1, -0.05) is 19.9 Å². The van der Waals surface area contributed by atoms with Gasteiger partial charge in [0.25, 0.3) is 0 Å². The summed E-state index contributed by atoms with van der Waals surface area (Å²) in [6.07, 6.45) is 0. The number of hydrogen-bond donors (Lipinski definition) is 1. The van der Waals surface area contributed by atoms with Gasteiger partial charge < -0.3 is 5.11 Å². The Hall–Kier alpha value is -1.31. The largest absolute Gasteiger partial charge is 0.478 e. The maximum absolute atomic E-state index is 10.7. The SMILES string of the molecule is CC.Cc1cc(C)c(C)c(C(=O)O)c1. The summed E-state index contributed by atoms with van der Waals surface area (Å²) < 4.78 is 0. The van der Waals surface area contributed by atoms with E-state index in [1.165, 1.54) is 0 Å². The molecule has 0 aromatic heterocycles. The van der Waals surface area contributed by atoms with Crippen molar-refractivity contribution in [2.45, 2.75) is 34.6 Å². The summed E-state index contributed by atoms with van der Waals surface area (Å²) in [6, 6.07) is 3.69. The average Bonchev–Trinajstić information content (AvgIpc) is 2.14. The zero-order chi connectivity index (χ0) is 11.3. The molecule has 14 heavy (non-hydrogen) atoms. The Bertz CT molecular complexity index is 327. The van der Waals surface area contributed by atoms with Crippen molar-refractivity contribution in [2.75, 3.05) is 0 Å². The van der Waals surface area contributed by atoms with Crippen LogP contribution in [0.25, 0.3) is 0 Å². The third-order valence-electron chi connectivity index (χ3n) is 2.04. The van der Waals surface area contributed by atoms with E-state index in [2.05, 4.69) is 0 Å². The van der Waals surface area contributed by atoms with Crippen LogP contribution in [-0.2, 0) is 0 Å². The second-order valence-electron chi connectivity index (χ2n) is 3.06. The lowest BCUT2D eigenvalue weighted by molar-refractivity contribution is 0.0696. The number of carboxylic acids is 1. The molecule has 78 valence electrons. The number of benzene rings is 1. The van der Waals surface area contributed by atoms with Gasteiger partial charge in [0.2, 0.25) is 0 Å². The minimum Gasteiger partial charge on any atom is -0.478 e. The van der Waals surface area contributed by atoms with Gasteiger partial charge in [-0.25, -0.2) is 4.79 Å². The van der Waals surface area contributed by atoms with Crippen LogP contribution in [0.3, 0.4) is 0 Å². The summed E-state index contributed by atoms with van der Waals surface area (Å²) in [5.41, 5.74) is 3.29. The van der Waals surface area contributed by atoms with Gasteiger partial charge >= 0.3 is 5.97 Å². The van der Waals surface area contributed by atoms with E-state index in [1.54, 1.807) is 6.07 Å². The number of rotatable bonds is 1. The molecule has 0 heterocycles. The number of aromatic carboxylic acids is 1. The Kier molecular flexibility index (Phi) is 4.92. The van der Waals surface area contributed by atoms with Crippen LogP contribution >= 0.6 is 0 Å². The highest BCUT2D eigenvalue weighted by Gasteiger charge is 2.08. The van der Waals surface area contributed by atoms with Crippen molar-refractivity contribution in [2.24, 2.45) is 0 Å². The highest BCUT2D eigenvalue weighted by Crippen LogP contribution is 2.15. The standard InChI is InChI=1S/C10H12O2.C2H6/c1-6-4-7(2)8(3)9(5-6)10(11)12;1-2/h4-5H,1-3H3,(H,11,12);1-2H3. The van der Waals surface area contributed by atoms with E-state index in [-0.39, 0.29) is 0 Å². The van der Waals surface area contributed by atoms with Crippen LogP contribution in [0.1, 0.15) is 40.9 Å². The van der Waals surface area contributed by atoms with E-state index in [9.17, 15) is 4.79 Å². The lowest BCUT2D eigenvalue weighted by Gasteiger charge is -2.05. The topological polar surface area (TPSA) is 37.3 Å². The first-order valence-corrected chi connectivity index (χ1v) is 4.83. The van der Waals surface area contributed by atoms with Gasteiger partial charge in [-0.05, 0) is 43.5 Å². The minimum absolute atomic E-state index is 0.410. The molecule has 1 aromatic rings. The zero-order valence-electron chi connectivity index (χ0n) is 9.51. The molecule has 0 spiro atoms. The Balaban J connectivity index is 0.000000791. The molecule has 0 aliphatic rings. The molecule has 1 N–H and O–H groups in total. The molecule has 0 saturated heterocycles. The fourth-order valence-corrected chi connectivity index (χ4v) is 1.26. The average molecular weight is 194 g/mol. The Morgan fingerprint density at radius 2 is 1.64 bits per heavy atom. The molecule has 0 saturated carbocycles. The first-order valence-electron chi connectivity index (χ1n) is 4.83. The molecule has 2 heteroatoms. The van der Waals surface area contributed by atoms with Gasteiger partial charge in [-0.2, -0.15) is 0 Å². The van der Waals surface area contributed by atoms with Gasteiger partial charge in [0, 0.05) is 0 Å². The number of carbonyl (C=O) groups is 1. The third kappa shape index (κ3) is 2.87. The number of aryl methyl sites for hydroxylation is 2. The molecular formula is C12H18O2. The first kappa shape index (κ1) is 12.7.